The molecule has 1 atom stereocenters. The summed E-state index contributed by atoms with van der Waals surface area (Å²) in [4.78, 5) is 11.6. The Kier molecular flexibility index (Phi) is 8.51. The smallest absolute Gasteiger partial charge is 0.319 e. The Labute approximate surface area is 128 Å². The first kappa shape index (κ1) is 17.5. The van der Waals surface area contributed by atoms with E-state index in [1.807, 2.05) is 19.1 Å². The molecule has 4 nitrogen and oxygen atoms in total. The molecule has 0 radical (unpaired) electrons. The minimum absolute atomic E-state index is 0.149. The molecule has 3 N–H and O–H groups in total. The fraction of sp³-hybridized carbons (Fsp3) is 0.588. The van der Waals surface area contributed by atoms with Gasteiger partial charge in [-0.15, -0.1) is 0 Å². The van der Waals surface area contributed by atoms with E-state index in [1.165, 1.54) is 18.4 Å². The first-order valence-electron chi connectivity index (χ1n) is 8.06. The summed E-state index contributed by atoms with van der Waals surface area (Å²) in [5, 5.41) is 9.20. The van der Waals surface area contributed by atoms with Crippen LogP contribution in [-0.2, 0) is 6.42 Å². The number of carbonyl (C=O) groups excluding carboxylic acids is 1. The molecule has 0 spiro atoms. The van der Waals surface area contributed by atoms with Gasteiger partial charge in [0, 0.05) is 18.3 Å². The zero-order valence-corrected chi connectivity index (χ0v) is 13.5. The number of nitrogens with one attached hydrogen (secondary N) is 3. The van der Waals surface area contributed by atoms with Crippen LogP contribution in [0.2, 0.25) is 0 Å². The summed E-state index contributed by atoms with van der Waals surface area (Å²) in [6.07, 6.45) is 4.50. The van der Waals surface area contributed by atoms with Gasteiger partial charge in [-0.3, -0.25) is 0 Å². The molecule has 1 aromatic rings. The summed E-state index contributed by atoms with van der Waals surface area (Å²) in [7, 11) is 0. The molecule has 1 rings (SSSR count). The van der Waals surface area contributed by atoms with Gasteiger partial charge in [0.15, 0.2) is 0 Å². The fourth-order valence-electron chi connectivity index (χ4n) is 2.37. The normalized spacial score (nSPS) is 12.0. The average molecular weight is 291 g/mol. The molecule has 1 unspecified atom stereocenters. The predicted molar refractivity (Wildman–Crippen MR) is 89.8 cm³/mol. The lowest BCUT2D eigenvalue weighted by Crippen LogP contribution is -2.31. The topological polar surface area (TPSA) is 53.2 Å². The Morgan fingerprint density at radius 3 is 2.67 bits per heavy atom. The lowest BCUT2D eigenvalue weighted by molar-refractivity contribution is 0.252. The number of hydrogen-bond acceptors (Lipinski definition) is 2. The van der Waals surface area contributed by atoms with Crippen molar-refractivity contribution in [3.05, 3.63) is 29.8 Å². The Morgan fingerprint density at radius 1 is 1.19 bits per heavy atom. The number of hydrogen-bond donors (Lipinski definition) is 3. The van der Waals surface area contributed by atoms with Gasteiger partial charge in [0.2, 0.25) is 0 Å². The van der Waals surface area contributed by atoms with E-state index >= 15 is 0 Å². The van der Waals surface area contributed by atoms with Crippen LogP contribution < -0.4 is 16.0 Å². The van der Waals surface area contributed by atoms with Gasteiger partial charge in [-0.25, -0.2) is 4.79 Å². The summed E-state index contributed by atoms with van der Waals surface area (Å²) >= 11 is 0. The van der Waals surface area contributed by atoms with Crippen LogP contribution in [0.5, 0.6) is 0 Å². The molecule has 1 aromatic carbocycles. The van der Waals surface area contributed by atoms with Gasteiger partial charge in [0.1, 0.15) is 0 Å². The second-order valence-corrected chi connectivity index (χ2v) is 5.33. The monoisotopic (exact) mass is 291 g/mol. The maximum Gasteiger partial charge on any atom is 0.319 e. The van der Waals surface area contributed by atoms with Crippen molar-refractivity contribution in [3.63, 3.8) is 0 Å². The van der Waals surface area contributed by atoms with Crippen LogP contribution in [0.25, 0.3) is 0 Å². The van der Waals surface area contributed by atoms with E-state index in [0.29, 0.717) is 12.6 Å². The van der Waals surface area contributed by atoms with Crippen molar-refractivity contribution in [2.45, 2.75) is 52.5 Å². The molecule has 0 aliphatic heterocycles. The lowest BCUT2D eigenvalue weighted by atomic mass is 10.0. The summed E-state index contributed by atoms with van der Waals surface area (Å²) in [6.45, 7) is 8.00. The third kappa shape index (κ3) is 7.14. The summed E-state index contributed by atoms with van der Waals surface area (Å²) in [5.74, 6) is 0. The Hall–Kier alpha value is -1.55. The second kappa shape index (κ2) is 10.2. The highest BCUT2D eigenvalue weighted by atomic mass is 16.2. The Bertz CT molecular complexity index is 420. The number of carbonyl (C=O) groups is 1. The van der Waals surface area contributed by atoms with Crippen molar-refractivity contribution in [1.29, 1.82) is 0 Å². The number of rotatable bonds is 9. The van der Waals surface area contributed by atoms with Crippen LogP contribution in [0.3, 0.4) is 0 Å². The third-order valence-electron chi connectivity index (χ3n) is 3.32. The first-order valence-corrected chi connectivity index (χ1v) is 8.06. The summed E-state index contributed by atoms with van der Waals surface area (Å²) in [6, 6.07) is 8.47. The van der Waals surface area contributed by atoms with Crippen molar-refractivity contribution >= 4 is 11.7 Å². The van der Waals surface area contributed by atoms with Gasteiger partial charge in [0.25, 0.3) is 0 Å². The molecular weight excluding hydrogens is 262 g/mol. The zero-order chi connectivity index (χ0) is 15.5. The molecule has 0 fully saturated rings. The van der Waals surface area contributed by atoms with E-state index < -0.39 is 0 Å². The molecule has 2 amide bonds. The minimum Gasteiger partial charge on any atom is -0.338 e. The molecule has 0 saturated carbocycles. The van der Waals surface area contributed by atoms with E-state index in [9.17, 15) is 4.79 Å². The highest BCUT2D eigenvalue weighted by Crippen LogP contribution is 2.14. The lowest BCUT2D eigenvalue weighted by Gasteiger charge is -2.18. The Balaban J connectivity index is 2.62. The van der Waals surface area contributed by atoms with Crippen LogP contribution >= 0.6 is 0 Å². The quantitative estimate of drug-likeness (QED) is 0.652. The van der Waals surface area contributed by atoms with Crippen LogP contribution in [0.1, 0.15) is 45.6 Å². The maximum absolute atomic E-state index is 11.6. The molecule has 0 aliphatic carbocycles. The summed E-state index contributed by atoms with van der Waals surface area (Å²) in [5.41, 5.74) is 2.11. The molecule has 0 bridgehead atoms. The fourth-order valence-corrected chi connectivity index (χ4v) is 2.37. The molecular formula is C17H29N3O. The van der Waals surface area contributed by atoms with E-state index in [4.69, 9.17) is 0 Å². The molecule has 21 heavy (non-hydrogen) atoms. The van der Waals surface area contributed by atoms with Crippen LogP contribution in [0.4, 0.5) is 10.5 Å². The zero-order valence-electron chi connectivity index (χ0n) is 13.5. The van der Waals surface area contributed by atoms with Crippen molar-refractivity contribution in [2.75, 3.05) is 18.4 Å². The van der Waals surface area contributed by atoms with Crippen LogP contribution in [0, 0.1) is 0 Å². The number of anilines is 1. The molecule has 118 valence electrons. The standard InChI is InChI=1S/C17H29N3O/c1-4-8-15(19-11-5-2)12-14-9-7-10-16(13-14)20-17(21)18-6-3/h7,9-10,13,15,19H,4-6,8,11-12H2,1-3H3,(H2,18,20,21). The van der Waals surface area contributed by atoms with Crippen molar-refractivity contribution in [1.82, 2.24) is 10.6 Å². The van der Waals surface area contributed by atoms with Crippen molar-refractivity contribution in [2.24, 2.45) is 0 Å². The van der Waals surface area contributed by atoms with Crippen LogP contribution in [-0.4, -0.2) is 25.2 Å². The third-order valence-corrected chi connectivity index (χ3v) is 3.32. The van der Waals surface area contributed by atoms with E-state index in [1.54, 1.807) is 0 Å². The highest BCUT2D eigenvalue weighted by Gasteiger charge is 2.08. The Morgan fingerprint density at radius 2 is 2.00 bits per heavy atom. The second-order valence-electron chi connectivity index (χ2n) is 5.33. The number of urea groups is 1. The van der Waals surface area contributed by atoms with Gasteiger partial charge in [0.05, 0.1) is 0 Å². The molecule has 0 heterocycles. The van der Waals surface area contributed by atoms with Gasteiger partial charge >= 0.3 is 6.03 Å². The SMILES string of the molecule is CCCNC(CCC)Cc1cccc(NC(=O)NCC)c1. The van der Waals surface area contributed by atoms with Gasteiger partial charge in [-0.05, 0) is 50.4 Å². The molecule has 4 heteroatoms. The molecule has 0 saturated heterocycles. The van der Waals surface area contributed by atoms with Gasteiger partial charge in [-0.1, -0.05) is 32.4 Å². The number of amides is 2. The minimum atomic E-state index is -0.149. The van der Waals surface area contributed by atoms with E-state index in [0.717, 1.165) is 25.1 Å². The van der Waals surface area contributed by atoms with Crippen LogP contribution in [0.15, 0.2) is 24.3 Å². The molecule has 0 aliphatic rings. The molecule has 0 aromatic heterocycles. The summed E-state index contributed by atoms with van der Waals surface area (Å²) < 4.78 is 0. The highest BCUT2D eigenvalue weighted by molar-refractivity contribution is 5.89. The van der Waals surface area contributed by atoms with Crippen molar-refractivity contribution in [3.8, 4) is 0 Å². The largest absolute Gasteiger partial charge is 0.338 e. The first-order chi connectivity index (χ1) is 10.2. The average Bonchev–Trinajstić information content (AvgIpc) is 2.45. The van der Waals surface area contributed by atoms with E-state index in [-0.39, 0.29) is 6.03 Å². The number of benzene rings is 1. The predicted octanol–water partition coefficient (Wildman–Crippen LogP) is 3.54. The van der Waals surface area contributed by atoms with E-state index in [2.05, 4.69) is 41.9 Å². The van der Waals surface area contributed by atoms with Crippen molar-refractivity contribution < 1.29 is 4.79 Å². The van der Waals surface area contributed by atoms with Gasteiger partial charge in [-0.2, -0.15) is 0 Å². The van der Waals surface area contributed by atoms with Gasteiger partial charge < -0.3 is 16.0 Å². The maximum atomic E-state index is 11.6.